The number of nitrogens with one attached hydrogen (secondary N) is 1. The maximum absolute atomic E-state index is 12.4. The van der Waals surface area contributed by atoms with Crippen LogP contribution in [0.25, 0.3) is 12.2 Å². The number of benzene rings is 1. The number of carboxylic acids is 1. The van der Waals surface area contributed by atoms with E-state index in [9.17, 15) is 13.2 Å². The summed E-state index contributed by atoms with van der Waals surface area (Å²) in [5.74, 6) is -1.16. The van der Waals surface area contributed by atoms with Gasteiger partial charge >= 0.3 is 5.97 Å². The molecule has 8 heteroatoms. The molecule has 0 unspecified atom stereocenters. The van der Waals surface area contributed by atoms with Crippen molar-refractivity contribution in [3.05, 3.63) is 76.9 Å². The maximum atomic E-state index is 12.4. The Hall–Kier alpha value is -2.97. The van der Waals surface area contributed by atoms with E-state index in [1.165, 1.54) is 5.38 Å². The zero-order valence-corrected chi connectivity index (χ0v) is 15.0. The van der Waals surface area contributed by atoms with Crippen LogP contribution in [0.3, 0.4) is 0 Å². The maximum Gasteiger partial charge on any atom is 0.336 e. The summed E-state index contributed by atoms with van der Waals surface area (Å²) in [5, 5.41) is 10.2. The molecule has 0 amide bonds. The van der Waals surface area contributed by atoms with Crippen LogP contribution in [0.2, 0.25) is 0 Å². The molecule has 0 aliphatic heterocycles. The number of nitrogens with zero attached hydrogens (tertiary/aromatic N) is 1. The van der Waals surface area contributed by atoms with Gasteiger partial charge in [-0.05, 0) is 42.0 Å². The Balaban J connectivity index is 1.79. The smallest absolute Gasteiger partial charge is 0.336 e. The van der Waals surface area contributed by atoms with E-state index in [0.717, 1.165) is 28.7 Å². The Kier molecular flexibility index (Phi) is 5.15. The van der Waals surface area contributed by atoms with Gasteiger partial charge in [0.1, 0.15) is 4.21 Å². The fourth-order valence-electron chi connectivity index (χ4n) is 2.14. The van der Waals surface area contributed by atoms with Gasteiger partial charge in [0.25, 0.3) is 10.0 Å². The van der Waals surface area contributed by atoms with Gasteiger partial charge in [-0.2, -0.15) is 0 Å². The highest BCUT2D eigenvalue weighted by molar-refractivity contribution is 7.94. The van der Waals surface area contributed by atoms with Gasteiger partial charge in [-0.1, -0.05) is 24.3 Å². The highest BCUT2D eigenvalue weighted by atomic mass is 32.2. The van der Waals surface area contributed by atoms with Crippen LogP contribution in [0.15, 0.2) is 64.3 Å². The molecule has 2 heterocycles. The molecular weight excluding hydrogens is 372 g/mol. The topological polar surface area (TPSA) is 96.4 Å². The van der Waals surface area contributed by atoms with E-state index in [-0.39, 0.29) is 9.77 Å². The van der Waals surface area contributed by atoms with Crippen molar-refractivity contribution in [2.75, 3.05) is 4.72 Å². The van der Waals surface area contributed by atoms with Crippen molar-refractivity contribution in [3.8, 4) is 0 Å². The number of carbonyl (C=O) groups is 1. The molecule has 0 aliphatic rings. The minimum absolute atomic E-state index is 0.0515. The summed E-state index contributed by atoms with van der Waals surface area (Å²) in [6.07, 6.45) is 5.34. The van der Waals surface area contributed by atoms with Gasteiger partial charge in [0, 0.05) is 17.3 Å². The van der Waals surface area contributed by atoms with Crippen LogP contribution < -0.4 is 4.72 Å². The van der Waals surface area contributed by atoms with E-state index >= 15 is 0 Å². The van der Waals surface area contributed by atoms with Crippen molar-refractivity contribution in [3.63, 3.8) is 0 Å². The van der Waals surface area contributed by atoms with Gasteiger partial charge in [-0.15, -0.1) is 11.3 Å². The molecule has 0 aliphatic carbocycles. The normalized spacial score (nSPS) is 11.5. The first-order chi connectivity index (χ1) is 12.4. The number of hydrogen-bond donors (Lipinski definition) is 2. The van der Waals surface area contributed by atoms with E-state index in [4.69, 9.17) is 5.11 Å². The third-order valence-corrected chi connectivity index (χ3v) is 6.18. The Morgan fingerprint density at radius 2 is 1.96 bits per heavy atom. The molecule has 0 radical (unpaired) electrons. The average molecular weight is 386 g/mol. The van der Waals surface area contributed by atoms with Gasteiger partial charge < -0.3 is 5.11 Å². The van der Waals surface area contributed by atoms with E-state index < -0.39 is 16.0 Å². The minimum Gasteiger partial charge on any atom is -0.478 e. The van der Waals surface area contributed by atoms with Crippen molar-refractivity contribution in [1.82, 2.24) is 4.98 Å². The molecule has 6 nitrogen and oxygen atoms in total. The van der Waals surface area contributed by atoms with Crippen molar-refractivity contribution in [2.45, 2.75) is 4.21 Å². The Morgan fingerprint density at radius 1 is 1.12 bits per heavy atom. The molecule has 0 spiro atoms. The summed E-state index contributed by atoms with van der Waals surface area (Å²) < 4.78 is 27.2. The minimum atomic E-state index is -3.84. The van der Waals surface area contributed by atoms with Crippen molar-refractivity contribution >= 4 is 45.2 Å². The number of carboxylic acid groups (broad SMARTS) is 1. The van der Waals surface area contributed by atoms with Crippen molar-refractivity contribution in [2.24, 2.45) is 0 Å². The molecule has 1 aromatic carbocycles. The molecule has 0 atom stereocenters. The van der Waals surface area contributed by atoms with Crippen LogP contribution in [0, 0.1) is 0 Å². The first-order valence-electron chi connectivity index (χ1n) is 7.48. The lowest BCUT2D eigenvalue weighted by Crippen LogP contribution is -2.11. The third-order valence-electron chi connectivity index (χ3n) is 3.36. The first kappa shape index (κ1) is 17.8. The van der Waals surface area contributed by atoms with E-state index in [1.807, 2.05) is 36.4 Å². The van der Waals surface area contributed by atoms with E-state index in [0.29, 0.717) is 5.69 Å². The zero-order valence-electron chi connectivity index (χ0n) is 13.4. The molecule has 0 saturated carbocycles. The van der Waals surface area contributed by atoms with Crippen LogP contribution in [0.5, 0.6) is 0 Å². The van der Waals surface area contributed by atoms with E-state index in [1.54, 1.807) is 24.4 Å². The molecule has 0 bridgehead atoms. The molecule has 2 N–H and O–H groups in total. The quantitative estimate of drug-likeness (QED) is 0.671. The van der Waals surface area contributed by atoms with Gasteiger partial charge in [0.05, 0.1) is 11.3 Å². The largest absolute Gasteiger partial charge is 0.478 e. The summed E-state index contributed by atoms with van der Waals surface area (Å²) in [4.78, 5) is 15.1. The fourth-order valence-corrected chi connectivity index (χ4v) is 4.34. The molecule has 3 rings (SSSR count). The van der Waals surface area contributed by atoms with Crippen LogP contribution >= 0.6 is 11.3 Å². The van der Waals surface area contributed by atoms with Gasteiger partial charge in [-0.25, -0.2) is 13.2 Å². The average Bonchev–Trinajstić information content (AvgIpc) is 3.12. The lowest BCUT2D eigenvalue weighted by atomic mass is 10.2. The second-order valence-corrected chi connectivity index (χ2v) is 8.10. The molecule has 0 saturated heterocycles. The summed E-state index contributed by atoms with van der Waals surface area (Å²) in [7, 11) is -3.84. The van der Waals surface area contributed by atoms with E-state index in [2.05, 4.69) is 9.71 Å². The van der Waals surface area contributed by atoms with Gasteiger partial charge in [0.15, 0.2) is 0 Å². The lowest BCUT2D eigenvalue weighted by Gasteiger charge is -2.07. The number of aromatic carboxylic acids is 1. The Morgan fingerprint density at radius 3 is 2.65 bits per heavy atom. The standard InChI is InChI=1S/C18H14N2O4S2/c21-18(22)14-11-17(25-12-14)26(23,24)20-16-6-3-4-13(10-16)7-8-15-5-1-2-9-19-15/h1-12,20H,(H,21,22)/b8-7+. The summed E-state index contributed by atoms with van der Waals surface area (Å²) in [6, 6.07) is 13.6. The van der Waals surface area contributed by atoms with Crippen molar-refractivity contribution < 1.29 is 18.3 Å². The third kappa shape index (κ3) is 4.35. The molecule has 3 aromatic rings. The molecule has 2 aromatic heterocycles. The Labute approximate surface area is 154 Å². The number of sulfonamides is 1. The summed E-state index contributed by atoms with van der Waals surface area (Å²) in [6.45, 7) is 0. The molecular formula is C18H14N2O4S2. The lowest BCUT2D eigenvalue weighted by molar-refractivity contribution is 0.0697. The first-order valence-corrected chi connectivity index (χ1v) is 9.84. The fraction of sp³-hybridized carbons (Fsp3) is 0. The van der Waals surface area contributed by atoms with Gasteiger partial charge in [0.2, 0.25) is 0 Å². The molecule has 0 fully saturated rings. The molecule has 26 heavy (non-hydrogen) atoms. The number of hydrogen-bond acceptors (Lipinski definition) is 5. The second-order valence-electron chi connectivity index (χ2n) is 5.28. The Bertz CT molecular complexity index is 1060. The highest BCUT2D eigenvalue weighted by Gasteiger charge is 2.19. The number of aromatic nitrogens is 1. The SMILES string of the molecule is O=C(O)c1csc(S(=O)(=O)Nc2cccc(/C=C/c3ccccn3)c2)c1. The second kappa shape index (κ2) is 7.51. The van der Waals surface area contributed by atoms with Crippen LogP contribution in [-0.4, -0.2) is 24.5 Å². The highest BCUT2D eigenvalue weighted by Crippen LogP contribution is 2.24. The molecule has 132 valence electrons. The van der Waals surface area contributed by atoms with Crippen LogP contribution in [-0.2, 0) is 10.0 Å². The number of anilines is 1. The predicted octanol–water partition coefficient (Wildman–Crippen LogP) is 3.81. The predicted molar refractivity (Wildman–Crippen MR) is 102 cm³/mol. The monoisotopic (exact) mass is 386 g/mol. The summed E-state index contributed by atoms with van der Waals surface area (Å²) in [5.41, 5.74) is 1.92. The summed E-state index contributed by atoms with van der Waals surface area (Å²) >= 11 is 0.862. The van der Waals surface area contributed by atoms with Gasteiger partial charge in [-0.3, -0.25) is 9.71 Å². The number of thiophene rings is 1. The number of pyridine rings is 1. The number of rotatable bonds is 6. The zero-order chi connectivity index (χ0) is 18.6. The van der Waals surface area contributed by atoms with Crippen LogP contribution in [0.4, 0.5) is 5.69 Å². The van der Waals surface area contributed by atoms with Crippen LogP contribution in [0.1, 0.15) is 21.6 Å². The van der Waals surface area contributed by atoms with Crippen molar-refractivity contribution in [1.29, 1.82) is 0 Å².